The molecule has 0 fully saturated rings. The van der Waals surface area contributed by atoms with Crippen LogP contribution in [-0.2, 0) is 4.79 Å². The number of carbonyl (C=O) groups is 1. The molecule has 0 rings (SSSR count). The fourth-order valence-electron chi connectivity index (χ4n) is 0.735. The molecule has 0 aliphatic heterocycles. The van der Waals surface area contributed by atoms with E-state index in [4.69, 9.17) is 0 Å². The summed E-state index contributed by atoms with van der Waals surface area (Å²) in [5.74, 6) is 0.0463. The Bertz CT molecular complexity index is 190. The van der Waals surface area contributed by atoms with E-state index in [-0.39, 0.29) is 5.78 Å². The molecule has 0 radical (unpaired) electrons. The Balaban J connectivity index is 4.36. The van der Waals surface area contributed by atoms with E-state index in [0.717, 1.165) is 5.57 Å². The van der Waals surface area contributed by atoms with E-state index in [9.17, 15) is 9.90 Å². The fraction of sp³-hybridized carbons (Fsp3) is 0.700. The average Bonchev–Trinajstić information content (AvgIpc) is 1.85. The van der Waals surface area contributed by atoms with Crippen molar-refractivity contribution in [3.8, 4) is 0 Å². The zero-order valence-corrected chi connectivity index (χ0v) is 8.35. The van der Waals surface area contributed by atoms with Crippen LogP contribution in [0.1, 0.15) is 34.1 Å². The average molecular weight is 170 g/mol. The van der Waals surface area contributed by atoms with Gasteiger partial charge in [0.25, 0.3) is 0 Å². The second-order valence-electron chi connectivity index (χ2n) is 3.95. The number of rotatable bonds is 4. The largest absolute Gasteiger partial charge is 0.392 e. The lowest BCUT2D eigenvalue weighted by Gasteiger charge is -2.26. The molecule has 1 atom stereocenters. The van der Waals surface area contributed by atoms with Crippen LogP contribution in [0.15, 0.2) is 12.2 Å². The fourth-order valence-corrected chi connectivity index (χ4v) is 0.735. The van der Waals surface area contributed by atoms with E-state index in [0.29, 0.717) is 6.42 Å². The van der Waals surface area contributed by atoms with Crippen molar-refractivity contribution < 1.29 is 9.90 Å². The lowest BCUT2D eigenvalue weighted by molar-refractivity contribution is -0.131. The summed E-state index contributed by atoms with van der Waals surface area (Å²) in [7, 11) is 0. The molecule has 0 aromatic carbocycles. The summed E-state index contributed by atoms with van der Waals surface area (Å²) >= 11 is 0. The standard InChI is InChI=1S/C10H18O2/c1-7(2)6-9(12)10(4,5)8(3)11/h8,11H,1,6H2,2-5H3/t8-/m1/s1. The lowest BCUT2D eigenvalue weighted by Crippen LogP contribution is -2.35. The Morgan fingerprint density at radius 1 is 1.58 bits per heavy atom. The first-order valence-electron chi connectivity index (χ1n) is 4.14. The van der Waals surface area contributed by atoms with Crippen LogP contribution in [0, 0.1) is 5.41 Å². The van der Waals surface area contributed by atoms with Gasteiger partial charge in [-0.3, -0.25) is 4.79 Å². The van der Waals surface area contributed by atoms with Crippen LogP contribution in [0.25, 0.3) is 0 Å². The Kier molecular flexibility index (Phi) is 3.65. The van der Waals surface area contributed by atoms with Gasteiger partial charge in [-0.15, -0.1) is 0 Å². The van der Waals surface area contributed by atoms with Gasteiger partial charge in [0.1, 0.15) is 5.78 Å². The van der Waals surface area contributed by atoms with Gasteiger partial charge in [0.05, 0.1) is 6.10 Å². The predicted octanol–water partition coefficient (Wildman–Crippen LogP) is 1.93. The number of hydrogen-bond acceptors (Lipinski definition) is 2. The van der Waals surface area contributed by atoms with Gasteiger partial charge in [-0.25, -0.2) is 0 Å². The molecule has 0 heterocycles. The smallest absolute Gasteiger partial charge is 0.145 e. The van der Waals surface area contributed by atoms with E-state index in [2.05, 4.69) is 6.58 Å². The van der Waals surface area contributed by atoms with Crippen molar-refractivity contribution in [1.29, 1.82) is 0 Å². The second-order valence-corrected chi connectivity index (χ2v) is 3.95. The van der Waals surface area contributed by atoms with Crippen molar-refractivity contribution in [2.24, 2.45) is 5.41 Å². The normalized spacial score (nSPS) is 14.1. The minimum absolute atomic E-state index is 0.0463. The van der Waals surface area contributed by atoms with Gasteiger partial charge in [-0.05, 0) is 13.8 Å². The predicted molar refractivity (Wildman–Crippen MR) is 49.9 cm³/mol. The summed E-state index contributed by atoms with van der Waals surface area (Å²) < 4.78 is 0. The molecule has 2 heteroatoms. The number of aliphatic hydroxyl groups is 1. The third-order valence-electron chi connectivity index (χ3n) is 2.23. The van der Waals surface area contributed by atoms with E-state index in [1.807, 2.05) is 6.92 Å². The van der Waals surface area contributed by atoms with Crippen molar-refractivity contribution >= 4 is 5.78 Å². The molecule has 0 aliphatic carbocycles. The number of ketones is 1. The highest BCUT2D eigenvalue weighted by Gasteiger charge is 2.31. The summed E-state index contributed by atoms with van der Waals surface area (Å²) in [4.78, 5) is 11.5. The third kappa shape index (κ3) is 2.78. The van der Waals surface area contributed by atoms with E-state index >= 15 is 0 Å². The third-order valence-corrected chi connectivity index (χ3v) is 2.23. The molecular weight excluding hydrogens is 152 g/mol. The van der Waals surface area contributed by atoms with E-state index in [1.165, 1.54) is 0 Å². The van der Waals surface area contributed by atoms with Crippen molar-refractivity contribution in [1.82, 2.24) is 0 Å². The van der Waals surface area contributed by atoms with Crippen LogP contribution in [0.4, 0.5) is 0 Å². The lowest BCUT2D eigenvalue weighted by atomic mass is 9.80. The molecule has 0 spiro atoms. The Hall–Kier alpha value is -0.630. The molecule has 2 nitrogen and oxygen atoms in total. The van der Waals surface area contributed by atoms with Crippen molar-refractivity contribution in [3.63, 3.8) is 0 Å². The molecule has 0 aromatic heterocycles. The zero-order valence-electron chi connectivity index (χ0n) is 8.35. The van der Waals surface area contributed by atoms with Crippen molar-refractivity contribution in [3.05, 3.63) is 12.2 Å². The maximum atomic E-state index is 11.5. The Morgan fingerprint density at radius 2 is 2.00 bits per heavy atom. The van der Waals surface area contributed by atoms with Crippen LogP contribution in [0.3, 0.4) is 0 Å². The Labute approximate surface area is 74.3 Å². The van der Waals surface area contributed by atoms with Gasteiger partial charge < -0.3 is 5.11 Å². The summed E-state index contributed by atoms with van der Waals surface area (Å²) in [5, 5.41) is 9.31. The van der Waals surface area contributed by atoms with Crippen LogP contribution in [0.5, 0.6) is 0 Å². The van der Waals surface area contributed by atoms with Crippen molar-refractivity contribution in [2.45, 2.75) is 40.2 Å². The maximum Gasteiger partial charge on any atom is 0.145 e. The number of hydrogen-bond donors (Lipinski definition) is 1. The second kappa shape index (κ2) is 3.85. The molecule has 1 N–H and O–H groups in total. The number of allylic oxidation sites excluding steroid dienone is 1. The summed E-state index contributed by atoms with van der Waals surface area (Å²) in [6, 6.07) is 0. The number of Topliss-reactive ketones (excluding diaryl/α,β-unsaturated/α-hetero) is 1. The van der Waals surface area contributed by atoms with E-state index < -0.39 is 11.5 Å². The first kappa shape index (κ1) is 11.4. The molecule has 0 unspecified atom stereocenters. The van der Waals surface area contributed by atoms with Gasteiger partial charge in [-0.2, -0.15) is 0 Å². The Morgan fingerprint density at radius 3 is 2.25 bits per heavy atom. The van der Waals surface area contributed by atoms with Crippen LogP contribution >= 0.6 is 0 Å². The highest BCUT2D eigenvalue weighted by molar-refractivity contribution is 5.86. The molecule has 70 valence electrons. The van der Waals surface area contributed by atoms with Gasteiger partial charge in [-0.1, -0.05) is 26.0 Å². The molecule has 0 saturated carbocycles. The van der Waals surface area contributed by atoms with Crippen LogP contribution < -0.4 is 0 Å². The highest BCUT2D eigenvalue weighted by atomic mass is 16.3. The molecule has 0 aliphatic rings. The zero-order chi connectivity index (χ0) is 9.94. The quantitative estimate of drug-likeness (QED) is 0.654. The highest BCUT2D eigenvalue weighted by Crippen LogP contribution is 2.24. The van der Waals surface area contributed by atoms with Gasteiger partial charge in [0.2, 0.25) is 0 Å². The molecule has 0 aromatic rings. The van der Waals surface area contributed by atoms with Crippen molar-refractivity contribution in [2.75, 3.05) is 0 Å². The SMILES string of the molecule is C=C(C)CC(=O)C(C)(C)[C@@H](C)O. The minimum atomic E-state index is -0.654. The maximum absolute atomic E-state index is 11.5. The van der Waals surface area contributed by atoms with Gasteiger partial charge >= 0.3 is 0 Å². The molecular formula is C10H18O2. The van der Waals surface area contributed by atoms with E-state index in [1.54, 1.807) is 20.8 Å². The minimum Gasteiger partial charge on any atom is -0.392 e. The molecule has 0 saturated heterocycles. The summed E-state index contributed by atoms with van der Waals surface area (Å²) in [5.41, 5.74) is 0.188. The summed E-state index contributed by atoms with van der Waals surface area (Å²) in [6.07, 6.45) is -0.248. The number of carbonyl (C=O) groups excluding carboxylic acids is 1. The topological polar surface area (TPSA) is 37.3 Å². The first-order chi connectivity index (χ1) is 5.28. The summed E-state index contributed by atoms with van der Waals surface area (Å²) in [6.45, 7) is 10.6. The first-order valence-corrected chi connectivity index (χ1v) is 4.14. The van der Waals surface area contributed by atoms with Crippen LogP contribution in [-0.4, -0.2) is 17.0 Å². The molecule has 0 amide bonds. The van der Waals surface area contributed by atoms with Gasteiger partial charge in [0.15, 0.2) is 0 Å². The number of aliphatic hydroxyl groups excluding tert-OH is 1. The molecule has 12 heavy (non-hydrogen) atoms. The van der Waals surface area contributed by atoms with Gasteiger partial charge in [0, 0.05) is 11.8 Å². The monoisotopic (exact) mass is 170 g/mol. The molecule has 0 bridgehead atoms. The van der Waals surface area contributed by atoms with Crippen LogP contribution in [0.2, 0.25) is 0 Å².